The van der Waals surface area contributed by atoms with E-state index in [-0.39, 0.29) is 12.1 Å². The fourth-order valence-corrected chi connectivity index (χ4v) is 3.62. The van der Waals surface area contributed by atoms with Gasteiger partial charge in [0.2, 0.25) is 5.95 Å². The average Bonchev–Trinajstić information content (AvgIpc) is 3.17. The number of nitrogens with one attached hydrogen (secondary N) is 2. The maximum Gasteiger partial charge on any atom is 0.410 e. The Bertz CT molecular complexity index is 1140. The number of amides is 1. The number of hydrogen-bond donors (Lipinski definition) is 2. The van der Waals surface area contributed by atoms with Crippen LogP contribution in [0.5, 0.6) is 0 Å². The molecule has 3 aromatic rings. The molecule has 1 fully saturated rings. The monoisotopic (exact) mass is 433 g/mol. The van der Waals surface area contributed by atoms with Gasteiger partial charge in [0.05, 0.1) is 11.6 Å². The molecule has 0 bridgehead atoms. The number of rotatable bonds is 4. The molecule has 1 saturated heterocycles. The van der Waals surface area contributed by atoms with Crippen molar-refractivity contribution in [3.8, 4) is 6.07 Å². The Morgan fingerprint density at radius 3 is 2.72 bits per heavy atom. The standard InChI is InChI=1S/C23H27N7O2/c1-23(2,3)32-22(31)29-13-5-6-18(15-29)25-19-7-4-8-20-27-21(28-30(19)20)26-17-11-9-16(14-24)10-12-17/h4,7-12,18,25H,5-6,13,15H2,1-3H3,(H,26,28). The van der Waals surface area contributed by atoms with Gasteiger partial charge < -0.3 is 20.3 Å². The molecule has 166 valence electrons. The highest BCUT2D eigenvalue weighted by molar-refractivity contribution is 5.68. The number of pyridine rings is 1. The summed E-state index contributed by atoms with van der Waals surface area (Å²) in [5.41, 5.74) is 1.58. The van der Waals surface area contributed by atoms with Crippen LogP contribution in [0.15, 0.2) is 42.5 Å². The maximum absolute atomic E-state index is 12.5. The Morgan fingerprint density at radius 1 is 1.22 bits per heavy atom. The molecule has 3 heterocycles. The first kappa shape index (κ1) is 21.4. The molecular weight excluding hydrogens is 406 g/mol. The highest BCUT2D eigenvalue weighted by atomic mass is 16.6. The van der Waals surface area contributed by atoms with Crippen LogP contribution in [0.3, 0.4) is 0 Å². The quantitative estimate of drug-likeness (QED) is 0.636. The molecule has 9 heteroatoms. The third-order valence-electron chi connectivity index (χ3n) is 5.05. The summed E-state index contributed by atoms with van der Waals surface area (Å²) in [6, 6.07) is 15.1. The minimum atomic E-state index is -0.512. The van der Waals surface area contributed by atoms with E-state index in [0.717, 1.165) is 24.3 Å². The van der Waals surface area contributed by atoms with Crippen molar-refractivity contribution in [3.63, 3.8) is 0 Å². The van der Waals surface area contributed by atoms with Crippen LogP contribution < -0.4 is 10.6 Å². The van der Waals surface area contributed by atoms with Gasteiger partial charge in [-0.2, -0.15) is 14.8 Å². The first-order chi connectivity index (χ1) is 15.3. The van der Waals surface area contributed by atoms with Crippen molar-refractivity contribution in [3.05, 3.63) is 48.0 Å². The van der Waals surface area contributed by atoms with Crippen LogP contribution in [0.2, 0.25) is 0 Å². The van der Waals surface area contributed by atoms with Crippen LogP contribution >= 0.6 is 0 Å². The molecule has 0 aliphatic carbocycles. The Balaban J connectivity index is 1.47. The Morgan fingerprint density at radius 2 is 2.00 bits per heavy atom. The molecule has 9 nitrogen and oxygen atoms in total. The van der Waals surface area contributed by atoms with Crippen molar-refractivity contribution in [2.24, 2.45) is 0 Å². The van der Waals surface area contributed by atoms with Crippen LogP contribution in [0.25, 0.3) is 5.65 Å². The van der Waals surface area contributed by atoms with Crippen molar-refractivity contribution < 1.29 is 9.53 Å². The van der Waals surface area contributed by atoms with Gasteiger partial charge in [0.25, 0.3) is 0 Å². The predicted octanol–water partition coefficient (Wildman–Crippen LogP) is 4.16. The van der Waals surface area contributed by atoms with E-state index in [1.165, 1.54) is 0 Å². The Kier molecular flexibility index (Phi) is 5.86. The Hall–Kier alpha value is -3.80. The van der Waals surface area contributed by atoms with Crippen LogP contribution in [0.1, 0.15) is 39.2 Å². The fraction of sp³-hybridized carbons (Fsp3) is 0.391. The van der Waals surface area contributed by atoms with Crippen LogP contribution in [0, 0.1) is 11.3 Å². The molecular formula is C23H27N7O2. The van der Waals surface area contributed by atoms with E-state index < -0.39 is 5.60 Å². The lowest BCUT2D eigenvalue weighted by Crippen LogP contribution is -2.47. The lowest BCUT2D eigenvalue weighted by atomic mass is 10.1. The van der Waals surface area contributed by atoms with E-state index in [9.17, 15) is 4.79 Å². The molecule has 0 radical (unpaired) electrons. The number of aromatic nitrogens is 3. The third kappa shape index (κ3) is 5.09. The number of likely N-dealkylation sites (tertiary alicyclic amines) is 1. The van der Waals surface area contributed by atoms with Gasteiger partial charge in [-0.1, -0.05) is 6.07 Å². The molecule has 1 unspecified atom stereocenters. The second-order valence-corrected chi connectivity index (χ2v) is 8.84. The second-order valence-electron chi connectivity index (χ2n) is 8.84. The van der Waals surface area contributed by atoms with E-state index in [1.807, 2.05) is 51.1 Å². The average molecular weight is 434 g/mol. The summed E-state index contributed by atoms with van der Waals surface area (Å²) in [4.78, 5) is 18.8. The minimum Gasteiger partial charge on any atom is -0.444 e. The molecule has 0 spiro atoms. The first-order valence-corrected chi connectivity index (χ1v) is 10.7. The highest BCUT2D eigenvalue weighted by Crippen LogP contribution is 2.21. The number of nitriles is 1. The number of benzene rings is 1. The number of piperidine rings is 1. The van der Waals surface area contributed by atoms with Gasteiger partial charge in [-0.15, -0.1) is 5.10 Å². The van der Waals surface area contributed by atoms with Gasteiger partial charge >= 0.3 is 6.09 Å². The molecule has 2 N–H and O–H groups in total. The number of carbonyl (C=O) groups excluding carboxylic acids is 1. The maximum atomic E-state index is 12.5. The van der Waals surface area contributed by atoms with Crippen LogP contribution in [-0.4, -0.2) is 50.3 Å². The lowest BCUT2D eigenvalue weighted by Gasteiger charge is -2.34. The highest BCUT2D eigenvalue weighted by Gasteiger charge is 2.28. The van der Waals surface area contributed by atoms with E-state index in [1.54, 1.807) is 21.5 Å². The molecule has 1 amide bonds. The number of carbonyl (C=O) groups is 1. The van der Waals surface area contributed by atoms with E-state index in [4.69, 9.17) is 10.00 Å². The smallest absolute Gasteiger partial charge is 0.410 e. The minimum absolute atomic E-state index is 0.0843. The van der Waals surface area contributed by atoms with Crippen molar-refractivity contribution in [2.45, 2.75) is 45.3 Å². The topological polar surface area (TPSA) is 108 Å². The van der Waals surface area contributed by atoms with Crippen molar-refractivity contribution >= 4 is 29.2 Å². The van der Waals surface area contributed by atoms with E-state index in [0.29, 0.717) is 30.2 Å². The first-order valence-electron chi connectivity index (χ1n) is 10.7. The number of anilines is 3. The fourth-order valence-electron chi connectivity index (χ4n) is 3.62. The van der Waals surface area contributed by atoms with Crippen molar-refractivity contribution in [1.82, 2.24) is 19.5 Å². The summed E-state index contributed by atoms with van der Waals surface area (Å²) < 4.78 is 7.27. The van der Waals surface area contributed by atoms with Crippen molar-refractivity contribution in [1.29, 1.82) is 5.26 Å². The molecule has 1 aromatic carbocycles. The second kappa shape index (κ2) is 8.75. The van der Waals surface area contributed by atoms with Gasteiger partial charge in [-0.25, -0.2) is 4.79 Å². The summed E-state index contributed by atoms with van der Waals surface area (Å²) in [7, 11) is 0. The molecule has 2 aromatic heterocycles. The summed E-state index contributed by atoms with van der Waals surface area (Å²) in [6.07, 6.45) is 1.56. The molecule has 32 heavy (non-hydrogen) atoms. The third-order valence-corrected chi connectivity index (χ3v) is 5.05. The summed E-state index contributed by atoms with van der Waals surface area (Å²) in [5.74, 6) is 1.27. The number of ether oxygens (including phenoxy) is 1. The van der Waals surface area contributed by atoms with Gasteiger partial charge in [0.15, 0.2) is 5.65 Å². The van der Waals surface area contributed by atoms with E-state index in [2.05, 4.69) is 26.8 Å². The Labute approximate surface area is 187 Å². The molecule has 4 rings (SSSR count). The normalized spacial score (nSPS) is 16.4. The molecule has 0 saturated carbocycles. The SMILES string of the molecule is CC(C)(C)OC(=O)N1CCCC(Nc2cccc3nc(Nc4ccc(C#N)cc4)nn23)C1. The largest absolute Gasteiger partial charge is 0.444 e. The predicted molar refractivity (Wildman–Crippen MR) is 122 cm³/mol. The van der Waals surface area contributed by atoms with Crippen LogP contribution in [-0.2, 0) is 4.74 Å². The molecule has 1 aliphatic heterocycles. The number of fused-ring (bicyclic) bond motifs is 1. The van der Waals surface area contributed by atoms with E-state index >= 15 is 0 Å². The zero-order valence-electron chi connectivity index (χ0n) is 18.5. The summed E-state index contributed by atoms with van der Waals surface area (Å²) >= 11 is 0. The summed E-state index contributed by atoms with van der Waals surface area (Å²) in [6.45, 7) is 6.88. The number of nitrogens with zero attached hydrogens (tertiary/aromatic N) is 5. The van der Waals surface area contributed by atoms with Crippen LogP contribution in [0.4, 0.5) is 22.2 Å². The zero-order valence-corrected chi connectivity index (χ0v) is 18.5. The molecule has 1 atom stereocenters. The lowest BCUT2D eigenvalue weighted by molar-refractivity contribution is 0.0206. The molecule has 1 aliphatic rings. The van der Waals surface area contributed by atoms with Gasteiger partial charge in [0, 0.05) is 24.8 Å². The number of hydrogen-bond acceptors (Lipinski definition) is 7. The van der Waals surface area contributed by atoms with Gasteiger partial charge in [-0.05, 0) is 70.0 Å². The summed E-state index contributed by atoms with van der Waals surface area (Å²) in [5, 5.41) is 20.2. The van der Waals surface area contributed by atoms with Gasteiger partial charge in [-0.3, -0.25) is 0 Å². The van der Waals surface area contributed by atoms with Gasteiger partial charge in [0.1, 0.15) is 11.4 Å². The van der Waals surface area contributed by atoms with Crippen molar-refractivity contribution in [2.75, 3.05) is 23.7 Å². The zero-order chi connectivity index (χ0) is 22.7.